The van der Waals surface area contributed by atoms with Crippen molar-refractivity contribution in [3.8, 4) is 5.75 Å². The van der Waals surface area contributed by atoms with Crippen LogP contribution in [0.4, 0.5) is 0 Å². The summed E-state index contributed by atoms with van der Waals surface area (Å²) in [6.07, 6.45) is 0.198. The van der Waals surface area contributed by atoms with Gasteiger partial charge in [-0.2, -0.15) is 0 Å². The zero-order chi connectivity index (χ0) is 8.97. The molecule has 1 aromatic rings. The lowest BCUT2D eigenvalue weighted by atomic mass is 9.82. The van der Waals surface area contributed by atoms with Crippen LogP contribution >= 0.6 is 0 Å². The van der Waals surface area contributed by atoms with E-state index < -0.39 is 7.12 Å². The third-order valence-corrected chi connectivity index (χ3v) is 1.60. The zero-order valence-corrected chi connectivity index (χ0v) is 6.90. The minimum absolute atomic E-state index is 0.198. The van der Waals surface area contributed by atoms with E-state index in [2.05, 4.69) is 0 Å². The fourth-order valence-corrected chi connectivity index (χ4v) is 1.07. The predicted octanol–water partition coefficient (Wildman–Crippen LogP) is 0.250. The molecule has 1 aromatic carbocycles. The summed E-state index contributed by atoms with van der Waals surface area (Å²) < 4.78 is 5.02. The van der Waals surface area contributed by atoms with Crippen LogP contribution in [0, 0.1) is 0 Å². The van der Waals surface area contributed by atoms with Gasteiger partial charge in [-0.05, 0) is 11.6 Å². The van der Waals surface area contributed by atoms with Crippen molar-refractivity contribution in [3.63, 3.8) is 0 Å². The Morgan fingerprint density at radius 3 is 2.58 bits per heavy atom. The van der Waals surface area contributed by atoms with Gasteiger partial charge in [0.15, 0.2) is 0 Å². The summed E-state index contributed by atoms with van der Waals surface area (Å²) in [5.41, 5.74) is 0.801. The van der Waals surface area contributed by atoms with Crippen molar-refractivity contribution in [3.05, 3.63) is 29.8 Å². The number of hydrogen-bond donors (Lipinski definition) is 2. The number of para-hydroxylation sites is 1. The molecule has 0 heterocycles. The highest BCUT2D eigenvalue weighted by atomic mass is 16.5. The number of methoxy groups -OCH3 is 1. The molecular formula is C8H11BO3. The van der Waals surface area contributed by atoms with Gasteiger partial charge in [-0.3, -0.25) is 0 Å². The third-order valence-electron chi connectivity index (χ3n) is 1.60. The smallest absolute Gasteiger partial charge is 0.456 e. The lowest BCUT2D eigenvalue weighted by molar-refractivity contribution is 0.394. The summed E-state index contributed by atoms with van der Waals surface area (Å²) in [6.45, 7) is 0. The van der Waals surface area contributed by atoms with Crippen molar-refractivity contribution in [2.24, 2.45) is 0 Å². The number of rotatable bonds is 3. The van der Waals surface area contributed by atoms with Crippen molar-refractivity contribution in [1.82, 2.24) is 0 Å². The molecule has 0 radical (unpaired) electrons. The Balaban J connectivity index is 2.82. The Labute approximate surface area is 71.8 Å². The fourth-order valence-electron chi connectivity index (χ4n) is 1.07. The number of hydrogen-bond acceptors (Lipinski definition) is 3. The molecular weight excluding hydrogens is 155 g/mol. The van der Waals surface area contributed by atoms with Crippen LogP contribution in [0.1, 0.15) is 5.56 Å². The number of benzene rings is 1. The summed E-state index contributed by atoms with van der Waals surface area (Å²) in [4.78, 5) is 0. The van der Waals surface area contributed by atoms with Gasteiger partial charge in [-0.1, -0.05) is 18.2 Å². The first-order chi connectivity index (χ1) is 5.74. The van der Waals surface area contributed by atoms with E-state index in [0.717, 1.165) is 5.56 Å². The van der Waals surface area contributed by atoms with Crippen LogP contribution in [-0.4, -0.2) is 24.3 Å². The molecule has 0 fully saturated rings. The molecule has 0 aliphatic rings. The highest BCUT2D eigenvalue weighted by Crippen LogP contribution is 2.17. The van der Waals surface area contributed by atoms with E-state index in [0.29, 0.717) is 5.75 Å². The maximum Gasteiger partial charge on any atom is 0.456 e. The minimum atomic E-state index is -1.32. The molecule has 3 nitrogen and oxygen atoms in total. The van der Waals surface area contributed by atoms with Crippen molar-refractivity contribution in [1.29, 1.82) is 0 Å². The number of ether oxygens (including phenoxy) is 1. The maximum absolute atomic E-state index is 8.73. The van der Waals surface area contributed by atoms with Crippen LogP contribution < -0.4 is 4.74 Å². The highest BCUT2D eigenvalue weighted by Gasteiger charge is 2.10. The SMILES string of the molecule is COc1ccccc1CB(O)O. The van der Waals surface area contributed by atoms with Gasteiger partial charge in [0.25, 0.3) is 0 Å². The first-order valence-electron chi connectivity index (χ1n) is 3.72. The Hall–Kier alpha value is -0.995. The minimum Gasteiger partial charge on any atom is -0.497 e. The standard InChI is InChI=1S/C8H11BO3/c1-12-8-5-3-2-4-7(8)6-9(10)11/h2-5,10-11H,6H2,1H3. The molecule has 0 amide bonds. The van der Waals surface area contributed by atoms with Crippen LogP contribution in [0.3, 0.4) is 0 Å². The van der Waals surface area contributed by atoms with Crippen molar-refractivity contribution >= 4 is 7.12 Å². The second-order valence-electron chi connectivity index (χ2n) is 2.50. The molecule has 64 valence electrons. The van der Waals surface area contributed by atoms with E-state index in [1.165, 1.54) is 0 Å². The molecule has 4 heteroatoms. The molecule has 0 aliphatic carbocycles. The first kappa shape index (κ1) is 9.10. The molecule has 0 spiro atoms. The van der Waals surface area contributed by atoms with Gasteiger partial charge in [-0.25, -0.2) is 0 Å². The van der Waals surface area contributed by atoms with Crippen molar-refractivity contribution < 1.29 is 14.8 Å². The Bertz CT molecular complexity index is 250. The van der Waals surface area contributed by atoms with E-state index in [-0.39, 0.29) is 6.32 Å². The van der Waals surface area contributed by atoms with E-state index in [4.69, 9.17) is 14.8 Å². The van der Waals surface area contributed by atoms with Crippen LogP contribution in [0.25, 0.3) is 0 Å². The quantitative estimate of drug-likeness (QED) is 0.632. The van der Waals surface area contributed by atoms with Crippen LogP contribution in [0.5, 0.6) is 5.75 Å². The van der Waals surface area contributed by atoms with Crippen molar-refractivity contribution in [2.45, 2.75) is 6.32 Å². The fraction of sp³-hybridized carbons (Fsp3) is 0.250. The van der Waals surface area contributed by atoms with Crippen molar-refractivity contribution in [2.75, 3.05) is 7.11 Å². The highest BCUT2D eigenvalue weighted by molar-refractivity contribution is 6.40. The lowest BCUT2D eigenvalue weighted by Crippen LogP contribution is -2.15. The third kappa shape index (κ3) is 2.25. The average Bonchev–Trinajstić information content (AvgIpc) is 2.04. The average molecular weight is 166 g/mol. The normalized spacial score (nSPS) is 9.58. The lowest BCUT2D eigenvalue weighted by Gasteiger charge is -2.06. The summed E-state index contributed by atoms with van der Waals surface area (Å²) in [7, 11) is 0.240. The molecule has 0 aliphatic heterocycles. The van der Waals surface area contributed by atoms with Gasteiger partial charge in [-0.15, -0.1) is 0 Å². The summed E-state index contributed by atoms with van der Waals surface area (Å²) in [5.74, 6) is 0.686. The Morgan fingerprint density at radius 1 is 1.33 bits per heavy atom. The van der Waals surface area contributed by atoms with Crippen LogP contribution in [0.2, 0.25) is 0 Å². The van der Waals surface area contributed by atoms with Gasteiger partial charge in [0.05, 0.1) is 7.11 Å². The molecule has 0 bridgehead atoms. The van der Waals surface area contributed by atoms with Crippen LogP contribution in [0.15, 0.2) is 24.3 Å². The van der Waals surface area contributed by atoms with Crippen LogP contribution in [-0.2, 0) is 6.32 Å². The monoisotopic (exact) mass is 166 g/mol. The van der Waals surface area contributed by atoms with Gasteiger partial charge < -0.3 is 14.8 Å². The molecule has 0 saturated heterocycles. The molecule has 0 atom stereocenters. The van der Waals surface area contributed by atoms with E-state index >= 15 is 0 Å². The molecule has 0 unspecified atom stereocenters. The molecule has 0 aromatic heterocycles. The Kier molecular flexibility index (Phi) is 3.14. The predicted molar refractivity (Wildman–Crippen MR) is 46.9 cm³/mol. The molecule has 2 N–H and O–H groups in total. The largest absolute Gasteiger partial charge is 0.497 e. The zero-order valence-electron chi connectivity index (χ0n) is 6.90. The molecule has 12 heavy (non-hydrogen) atoms. The van der Waals surface area contributed by atoms with E-state index in [1.807, 2.05) is 12.1 Å². The second kappa shape index (κ2) is 4.14. The van der Waals surface area contributed by atoms with Gasteiger partial charge in [0.1, 0.15) is 5.75 Å². The summed E-state index contributed by atoms with van der Waals surface area (Å²) in [5, 5.41) is 17.5. The second-order valence-corrected chi connectivity index (χ2v) is 2.50. The van der Waals surface area contributed by atoms with E-state index in [9.17, 15) is 0 Å². The van der Waals surface area contributed by atoms with E-state index in [1.54, 1.807) is 19.2 Å². The molecule has 1 rings (SSSR count). The summed E-state index contributed by atoms with van der Waals surface area (Å²) in [6, 6.07) is 7.27. The maximum atomic E-state index is 8.73. The first-order valence-corrected chi connectivity index (χ1v) is 3.72. The summed E-state index contributed by atoms with van der Waals surface area (Å²) >= 11 is 0. The van der Waals surface area contributed by atoms with Gasteiger partial charge in [0.2, 0.25) is 0 Å². The molecule has 0 saturated carbocycles. The van der Waals surface area contributed by atoms with Gasteiger partial charge >= 0.3 is 7.12 Å². The topological polar surface area (TPSA) is 49.7 Å². The Morgan fingerprint density at radius 2 is 2.00 bits per heavy atom. The van der Waals surface area contributed by atoms with Gasteiger partial charge in [0, 0.05) is 6.32 Å².